The maximum Gasteiger partial charge on any atom is 0.123 e. The molecular weight excluding hydrogens is 160 g/mol. The summed E-state index contributed by atoms with van der Waals surface area (Å²) in [7, 11) is 0. The molecular formula is C12H16O. The lowest BCUT2D eigenvalue weighted by atomic mass is 10.1. The molecule has 0 spiro atoms. The maximum absolute atomic E-state index is 5.63. The van der Waals surface area contributed by atoms with E-state index in [1.165, 1.54) is 11.1 Å². The van der Waals surface area contributed by atoms with Crippen LogP contribution in [0.3, 0.4) is 0 Å². The Bertz CT molecular complexity index is 302. The fourth-order valence-corrected chi connectivity index (χ4v) is 1.18. The predicted octanol–water partition coefficient (Wildman–Crippen LogP) is 3.26. The van der Waals surface area contributed by atoms with Gasteiger partial charge in [0.1, 0.15) is 11.9 Å². The number of hydrogen-bond donors (Lipinski definition) is 0. The average Bonchev–Trinajstić information content (AvgIpc) is 2.09. The Morgan fingerprint density at radius 3 is 2.62 bits per heavy atom. The van der Waals surface area contributed by atoms with Crippen molar-refractivity contribution in [2.24, 2.45) is 0 Å². The molecule has 0 aliphatic rings. The summed E-state index contributed by atoms with van der Waals surface area (Å²) in [6.07, 6.45) is 1.86. The van der Waals surface area contributed by atoms with Gasteiger partial charge in [0.25, 0.3) is 0 Å². The molecule has 0 saturated heterocycles. The molecule has 0 aliphatic carbocycles. The van der Waals surface area contributed by atoms with Gasteiger partial charge < -0.3 is 4.74 Å². The van der Waals surface area contributed by atoms with Crippen LogP contribution in [0.2, 0.25) is 0 Å². The number of ether oxygens (including phenoxy) is 1. The minimum Gasteiger partial charge on any atom is -0.486 e. The zero-order valence-corrected chi connectivity index (χ0v) is 8.50. The minimum absolute atomic E-state index is 0.0707. The van der Waals surface area contributed by atoms with Gasteiger partial charge in [0.2, 0.25) is 0 Å². The van der Waals surface area contributed by atoms with E-state index in [1.807, 2.05) is 13.0 Å². The van der Waals surface area contributed by atoms with Crippen molar-refractivity contribution in [2.75, 3.05) is 0 Å². The summed E-state index contributed by atoms with van der Waals surface area (Å²) in [6, 6.07) is 6.17. The summed E-state index contributed by atoms with van der Waals surface area (Å²) in [6.45, 7) is 9.79. The summed E-state index contributed by atoms with van der Waals surface area (Å²) >= 11 is 0. The van der Waals surface area contributed by atoms with Crippen molar-refractivity contribution in [1.82, 2.24) is 0 Å². The molecule has 0 saturated carbocycles. The molecule has 1 heteroatoms. The Morgan fingerprint density at radius 1 is 1.38 bits per heavy atom. The third-order valence-corrected chi connectivity index (χ3v) is 1.98. The fraction of sp³-hybridized carbons (Fsp3) is 0.333. The van der Waals surface area contributed by atoms with Gasteiger partial charge in [0.15, 0.2) is 0 Å². The van der Waals surface area contributed by atoms with Gasteiger partial charge in [-0.2, -0.15) is 0 Å². The van der Waals surface area contributed by atoms with E-state index in [0.717, 1.165) is 5.75 Å². The Kier molecular flexibility index (Phi) is 3.13. The van der Waals surface area contributed by atoms with E-state index >= 15 is 0 Å². The smallest absolute Gasteiger partial charge is 0.123 e. The fourth-order valence-electron chi connectivity index (χ4n) is 1.18. The molecule has 1 rings (SSSR count). The standard InChI is InChI=1S/C12H16O/c1-5-11(4)13-12-7-6-9(2)8-10(12)3/h5-8,11H,1H2,2-4H3. The van der Waals surface area contributed by atoms with Crippen molar-refractivity contribution in [3.8, 4) is 5.75 Å². The van der Waals surface area contributed by atoms with Gasteiger partial charge in [-0.1, -0.05) is 30.4 Å². The molecule has 0 amide bonds. The number of hydrogen-bond acceptors (Lipinski definition) is 1. The Labute approximate surface area is 80.0 Å². The van der Waals surface area contributed by atoms with Crippen LogP contribution in [0.1, 0.15) is 18.1 Å². The SMILES string of the molecule is C=CC(C)Oc1ccc(C)cc1C. The first-order chi connectivity index (χ1) is 6.13. The Balaban J connectivity index is 2.83. The van der Waals surface area contributed by atoms with Gasteiger partial charge in [-0.05, 0) is 32.4 Å². The monoisotopic (exact) mass is 176 g/mol. The van der Waals surface area contributed by atoms with Crippen LogP contribution in [-0.2, 0) is 0 Å². The molecule has 1 unspecified atom stereocenters. The van der Waals surface area contributed by atoms with Gasteiger partial charge in [0.05, 0.1) is 0 Å². The molecule has 0 heterocycles. The molecule has 1 atom stereocenters. The van der Waals surface area contributed by atoms with Crippen LogP contribution in [-0.4, -0.2) is 6.10 Å². The first-order valence-electron chi connectivity index (χ1n) is 4.50. The lowest BCUT2D eigenvalue weighted by Gasteiger charge is -2.13. The van der Waals surface area contributed by atoms with Gasteiger partial charge >= 0.3 is 0 Å². The predicted molar refractivity (Wildman–Crippen MR) is 56.2 cm³/mol. The summed E-state index contributed by atoms with van der Waals surface area (Å²) in [5.41, 5.74) is 2.44. The lowest BCUT2D eigenvalue weighted by molar-refractivity contribution is 0.268. The van der Waals surface area contributed by atoms with Crippen molar-refractivity contribution in [3.63, 3.8) is 0 Å². The van der Waals surface area contributed by atoms with Crippen molar-refractivity contribution in [1.29, 1.82) is 0 Å². The molecule has 13 heavy (non-hydrogen) atoms. The first-order valence-corrected chi connectivity index (χ1v) is 4.50. The van der Waals surface area contributed by atoms with Crippen LogP contribution in [0.15, 0.2) is 30.9 Å². The van der Waals surface area contributed by atoms with Crippen molar-refractivity contribution < 1.29 is 4.74 Å². The number of benzene rings is 1. The first kappa shape index (κ1) is 9.85. The van der Waals surface area contributed by atoms with Gasteiger partial charge in [0, 0.05) is 0 Å². The molecule has 1 aromatic rings. The summed E-state index contributed by atoms with van der Waals surface area (Å²) in [5.74, 6) is 0.943. The van der Waals surface area contributed by atoms with Crippen molar-refractivity contribution in [2.45, 2.75) is 26.9 Å². The summed E-state index contributed by atoms with van der Waals surface area (Å²) < 4.78 is 5.63. The Morgan fingerprint density at radius 2 is 2.08 bits per heavy atom. The molecule has 0 N–H and O–H groups in total. The molecule has 70 valence electrons. The second-order valence-corrected chi connectivity index (χ2v) is 3.33. The van der Waals surface area contributed by atoms with Gasteiger partial charge in [-0.15, -0.1) is 0 Å². The van der Waals surface area contributed by atoms with Crippen LogP contribution >= 0.6 is 0 Å². The molecule has 1 aromatic carbocycles. The van der Waals surface area contributed by atoms with Crippen LogP contribution in [0.5, 0.6) is 5.75 Å². The van der Waals surface area contributed by atoms with Gasteiger partial charge in [-0.25, -0.2) is 0 Å². The van der Waals surface area contributed by atoms with E-state index in [9.17, 15) is 0 Å². The second-order valence-electron chi connectivity index (χ2n) is 3.33. The molecule has 1 nitrogen and oxygen atoms in total. The molecule has 0 radical (unpaired) electrons. The minimum atomic E-state index is 0.0707. The summed E-state index contributed by atoms with van der Waals surface area (Å²) in [4.78, 5) is 0. The average molecular weight is 176 g/mol. The highest BCUT2D eigenvalue weighted by atomic mass is 16.5. The van der Waals surface area contributed by atoms with E-state index < -0.39 is 0 Å². The zero-order chi connectivity index (χ0) is 9.84. The van der Waals surface area contributed by atoms with Crippen LogP contribution in [0.4, 0.5) is 0 Å². The number of aryl methyl sites for hydroxylation is 2. The molecule has 0 fully saturated rings. The highest BCUT2D eigenvalue weighted by Gasteiger charge is 2.01. The summed E-state index contributed by atoms with van der Waals surface area (Å²) in [5, 5.41) is 0. The lowest BCUT2D eigenvalue weighted by Crippen LogP contribution is -2.08. The number of rotatable bonds is 3. The highest BCUT2D eigenvalue weighted by Crippen LogP contribution is 2.19. The van der Waals surface area contributed by atoms with Crippen LogP contribution in [0, 0.1) is 13.8 Å². The van der Waals surface area contributed by atoms with Crippen LogP contribution in [0.25, 0.3) is 0 Å². The molecule has 0 aliphatic heterocycles. The normalized spacial score (nSPS) is 12.2. The van der Waals surface area contributed by atoms with Crippen LogP contribution < -0.4 is 4.74 Å². The Hall–Kier alpha value is -1.24. The largest absolute Gasteiger partial charge is 0.486 e. The zero-order valence-electron chi connectivity index (χ0n) is 8.50. The van der Waals surface area contributed by atoms with E-state index in [-0.39, 0.29) is 6.10 Å². The van der Waals surface area contributed by atoms with Gasteiger partial charge in [-0.3, -0.25) is 0 Å². The van der Waals surface area contributed by atoms with Crippen molar-refractivity contribution >= 4 is 0 Å². The van der Waals surface area contributed by atoms with Crippen molar-refractivity contribution in [3.05, 3.63) is 42.0 Å². The molecule has 0 aromatic heterocycles. The van der Waals surface area contributed by atoms with E-state index in [4.69, 9.17) is 4.74 Å². The van der Waals surface area contributed by atoms with E-state index in [2.05, 4.69) is 32.6 Å². The quantitative estimate of drug-likeness (QED) is 0.642. The maximum atomic E-state index is 5.63. The topological polar surface area (TPSA) is 9.23 Å². The molecule has 0 bridgehead atoms. The second kappa shape index (κ2) is 4.13. The van der Waals surface area contributed by atoms with E-state index in [0.29, 0.717) is 0 Å². The van der Waals surface area contributed by atoms with E-state index in [1.54, 1.807) is 6.08 Å². The third-order valence-electron chi connectivity index (χ3n) is 1.98. The third kappa shape index (κ3) is 2.62. The highest BCUT2D eigenvalue weighted by molar-refractivity contribution is 5.35.